The van der Waals surface area contributed by atoms with Crippen LogP contribution in [0.3, 0.4) is 0 Å². The number of Topliss-reactive ketones (excluding diaryl/α,β-unsaturated/α-hetero) is 1. The number of rotatable bonds is 44. The average molecular weight is 2090 g/mol. The second-order valence-corrected chi connectivity index (χ2v) is 43.2. The van der Waals surface area contributed by atoms with Crippen LogP contribution in [0.5, 0.6) is 0 Å². The Bertz CT molecular complexity index is 4830. The average Bonchev–Trinajstić information content (AvgIpc) is 1.69. The normalized spacial score (nSPS) is 15.9. The fraction of sp³-hybridized carbons (Fsp3) is 0.551. The largest absolute Gasteiger partial charge is 0.466 e. The molecular formula is C127H186BrNO18. The summed E-state index contributed by atoms with van der Waals surface area (Å²) in [5, 5.41) is 20.6. The van der Waals surface area contributed by atoms with Crippen molar-refractivity contribution in [2.75, 3.05) is 65.2 Å². The van der Waals surface area contributed by atoms with Gasteiger partial charge in [0.2, 0.25) is 5.91 Å². The molecule has 0 aromatic heterocycles. The predicted molar refractivity (Wildman–Crippen MR) is 601 cm³/mol. The van der Waals surface area contributed by atoms with Crippen LogP contribution in [0.25, 0.3) is 0 Å². The third-order valence-electron chi connectivity index (χ3n) is 28.1. The maximum absolute atomic E-state index is 13.1. The van der Waals surface area contributed by atoms with Crippen LogP contribution < -0.4 is 0 Å². The van der Waals surface area contributed by atoms with Crippen LogP contribution in [0.2, 0.25) is 0 Å². The van der Waals surface area contributed by atoms with E-state index in [4.69, 9.17) is 38.3 Å². The molecule has 0 radical (unpaired) electrons. The van der Waals surface area contributed by atoms with Crippen molar-refractivity contribution >= 4 is 69.4 Å². The van der Waals surface area contributed by atoms with Gasteiger partial charge in [0, 0.05) is 69.8 Å². The number of ether oxygens (including phenoxy) is 7. The molecule has 15 atom stereocenters. The van der Waals surface area contributed by atoms with Crippen molar-refractivity contribution < 1.29 is 86.5 Å². The molecule has 8 aromatic rings. The second kappa shape index (κ2) is 75.3. The Kier molecular flexibility index (Phi) is 68.0. The van der Waals surface area contributed by atoms with Crippen molar-refractivity contribution in [1.82, 2.24) is 4.90 Å². The van der Waals surface area contributed by atoms with Gasteiger partial charge in [-0.05, 0) is 206 Å². The maximum atomic E-state index is 13.1. The number of carbonyl (C=O) groups is 9. The van der Waals surface area contributed by atoms with Crippen molar-refractivity contribution in [2.45, 2.75) is 257 Å². The van der Waals surface area contributed by atoms with E-state index in [-0.39, 0.29) is 102 Å². The Labute approximate surface area is 894 Å². The Morgan fingerprint density at radius 3 is 1.03 bits per heavy atom. The maximum Gasteiger partial charge on any atom is 0.309 e. The molecule has 2 N–H and O–H groups in total. The summed E-state index contributed by atoms with van der Waals surface area (Å²) < 4.78 is 35.6. The van der Waals surface area contributed by atoms with E-state index < -0.39 is 6.10 Å². The predicted octanol–water partition coefficient (Wildman–Crippen LogP) is 26.8. The molecule has 0 saturated carbocycles. The molecule has 2 heterocycles. The molecule has 147 heavy (non-hydrogen) atoms. The van der Waals surface area contributed by atoms with E-state index in [1.54, 1.807) is 18.9 Å². The molecule has 8 aromatic carbocycles. The van der Waals surface area contributed by atoms with Crippen LogP contribution >= 0.6 is 15.9 Å². The first-order valence-corrected chi connectivity index (χ1v) is 54.8. The lowest BCUT2D eigenvalue weighted by Gasteiger charge is -2.33. The van der Waals surface area contributed by atoms with Crippen LogP contribution in [-0.4, -0.2) is 140 Å². The summed E-state index contributed by atoms with van der Waals surface area (Å²) >= 11 is 3.54. The number of benzene rings is 8. The summed E-state index contributed by atoms with van der Waals surface area (Å²) in [5.41, 5.74) is 9.52. The zero-order valence-corrected chi connectivity index (χ0v) is 96.0. The second-order valence-electron chi connectivity index (χ2n) is 42.5. The number of esters is 7. The Hall–Kier alpha value is -10.4. The van der Waals surface area contributed by atoms with Crippen LogP contribution in [0.15, 0.2) is 243 Å². The van der Waals surface area contributed by atoms with Crippen molar-refractivity contribution in [3.8, 4) is 0 Å². The highest BCUT2D eigenvalue weighted by Gasteiger charge is 2.39. The van der Waals surface area contributed by atoms with Gasteiger partial charge in [-0.2, -0.15) is 0 Å². The van der Waals surface area contributed by atoms with E-state index in [0.29, 0.717) is 154 Å². The van der Waals surface area contributed by atoms with Crippen LogP contribution in [0.1, 0.15) is 250 Å². The Morgan fingerprint density at radius 1 is 0.381 bits per heavy atom. The molecule has 0 bridgehead atoms. The molecule has 2 fully saturated rings. The molecule has 10 rings (SSSR count). The van der Waals surface area contributed by atoms with Crippen molar-refractivity contribution in [3.63, 3.8) is 0 Å². The van der Waals surface area contributed by atoms with Crippen LogP contribution in [-0.2, 0) is 121 Å². The molecule has 0 spiro atoms. The SMILES string of the molecule is CC(=O)C[C@H](COC(C)=O)C(C)C.CC(=O)OC[C@@H](Cc1ccccc1)C(C)C.CC(=O)OC[C@H](Cc1ccccc1)[C@H](C)C(C)C.CC(C)[C@@H](CO)Cc1ccccc1.CC(C)[C@@H]1COC(=O)C1Cc1ccccc1.CC(C)[C@H](Cc1ccccc1)C(=O)N(C)[C@@H](C)[C@@H](O)c1ccccc1.CC(C)[C@H]1COC(=O)C1.CCOC(=O)C(Cc1ccccc1)[C@H](CBr)C(C)C.CCOC(=O)[C@@H](Cc1ccccc1)[C@H](C)C(C)C. The number of amides is 1. The van der Waals surface area contributed by atoms with E-state index in [2.05, 4.69) is 238 Å². The number of aliphatic hydroxyl groups excluding tert-OH is 2. The third kappa shape index (κ3) is 55.6. The van der Waals surface area contributed by atoms with E-state index in [0.717, 1.165) is 55.8 Å². The molecule has 2 saturated heterocycles. The molecule has 2 aliphatic rings. The summed E-state index contributed by atoms with van der Waals surface area (Å²) in [6.07, 6.45) is 6.36. The van der Waals surface area contributed by atoms with Gasteiger partial charge in [0.05, 0.1) is 82.6 Å². The van der Waals surface area contributed by atoms with Gasteiger partial charge < -0.3 is 53.1 Å². The number of halogens is 1. The zero-order valence-electron chi connectivity index (χ0n) is 94.4. The number of carbonyl (C=O) groups excluding carboxylic acids is 9. The van der Waals surface area contributed by atoms with Crippen LogP contribution in [0.4, 0.5) is 0 Å². The molecule has 814 valence electrons. The Balaban J connectivity index is 0.000000565. The van der Waals surface area contributed by atoms with Gasteiger partial charge in [0.1, 0.15) is 5.78 Å². The molecular weight excluding hydrogens is 1910 g/mol. The number of hydrogen-bond acceptors (Lipinski definition) is 18. The molecule has 2 unspecified atom stereocenters. The van der Waals surface area contributed by atoms with Gasteiger partial charge in [0.15, 0.2) is 0 Å². The lowest BCUT2D eigenvalue weighted by Crippen LogP contribution is -2.44. The molecule has 20 heteroatoms. The molecule has 19 nitrogen and oxygen atoms in total. The smallest absolute Gasteiger partial charge is 0.309 e. The first kappa shape index (κ1) is 133. The van der Waals surface area contributed by atoms with Crippen molar-refractivity contribution in [2.24, 2.45) is 130 Å². The third-order valence-corrected chi connectivity index (χ3v) is 28.9. The summed E-state index contributed by atoms with van der Waals surface area (Å²) in [4.78, 5) is 104. The van der Waals surface area contributed by atoms with Gasteiger partial charge in [-0.25, -0.2) is 0 Å². The summed E-state index contributed by atoms with van der Waals surface area (Å²) in [5.74, 6) is 6.72. The van der Waals surface area contributed by atoms with Gasteiger partial charge in [0.25, 0.3) is 0 Å². The number of hydrogen-bond donors (Lipinski definition) is 2. The fourth-order valence-corrected chi connectivity index (χ4v) is 18.1. The molecule has 2 aliphatic heterocycles. The summed E-state index contributed by atoms with van der Waals surface area (Å²) in [6.45, 7) is 58.1. The van der Waals surface area contributed by atoms with E-state index in [1.807, 2.05) is 180 Å². The number of ketones is 1. The number of cyclic esters (lactones) is 2. The summed E-state index contributed by atoms with van der Waals surface area (Å²) in [6, 6.07) is 80.9. The zero-order chi connectivity index (χ0) is 110. The minimum Gasteiger partial charge on any atom is -0.466 e. The van der Waals surface area contributed by atoms with Gasteiger partial charge in [-0.1, -0.05) is 397 Å². The number of nitrogens with zero attached hydrogens (tertiary/aromatic N) is 1. The van der Waals surface area contributed by atoms with E-state index >= 15 is 0 Å². The lowest BCUT2D eigenvalue weighted by atomic mass is 9.81. The van der Waals surface area contributed by atoms with Gasteiger partial charge in [-0.15, -0.1) is 0 Å². The van der Waals surface area contributed by atoms with Crippen molar-refractivity contribution in [1.29, 1.82) is 0 Å². The van der Waals surface area contributed by atoms with Crippen LogP contribution in [0, 0.1) is 130 Å². The number of alkyl halides is 1. The monoisotopic (exact) mass is 2090 g/mol. The summed E-state index contributed by atoms with van der Waals surface area (Å²) in [7, 11) is 1.79. The highest BCUT2D eigenvalue weighted by atomic mass is 79.9. The van der Waals surface area contributed by atoms with Gasteiger partial charge in [-0.3, -0.25) is 38.4 Å². The Morgan fingerprint density at radius 2 is 0.721 bits per heavy atom. The molecule has 0 aliphatic carbocycles. The van der Waals surface area contributed by atoms with E-state index in [1.165, 1.54) is 59.7 Å². The minimum absolute atomic E-state index is 0.0254. The highest BCUT2D eigenvalue weighted by Crippen LogP contribution is 2.35. The highest BCUT2D eigenvalue weighted by molar-refractivity contribution is 9.09. The topological polar surface area (TPSA) is 262 Å². The quantitative estimate of drug-likeness (QED) is 0.0204. The first-order valence-electron chi connectivity index (χ1n) is 53.7. The fourth-order valence-electron chi connectivity index (χ4n) is 16.9. The van der Waals surface area contributed by atoms with Gasteiger partial charge >= 0.3 is 41.8 Å². The minimum atomic E-state index is -0.695. The lowest BCUT2D eigenvalue weighted by molar-refractivity contribution is -0.151. The molecule has 1 amide bonds. The van der Waals surface area contributed by atoms with E-state index in [9.17, 15) is 48.3 Å². The number of aliphatic hydroxyl groups is 2. The standard InChI is InChI=1S/C22H29NO2.C16H23BrO2.2C16H24O2.C14H18O2.C14H20O2.C12H18O.C10H18O3.C7H12O2/c1-16(2)20(15-18-11-7-5-8-12-18)22(25)23(4)17(3)21(24)19-13-9-6-10-14-19;1-4-19-16(18)14(15(11-17)12(2)3)10-13-8-6-5-7-9-13;1-12(2)13(3)16(11-18-14(4)17)10-15-8-6-5-7-9-15;1-5-18-16(17)15(13(4)12(2)3)11-14-9-7-6-8-10-14;1-10(2)13-9-16-14(15)12(13)8-11-6-4-3-5-7-11;1-11(2)14(10-16-12(3)15)9-13-7-5-4-6-8-13;1-10(2)12(9-13)8-11-6-4-3-5-7-11;1-7(2)10(5-8(3)11)6-13-9(4)12;1-5(2)6-3-7(8)9-4-6/h5-14,16-17,20-21,24H,15H2,1-4H3;5-9,12,14-15H,4,10-11H2,1-3H3;5-9,12-13,16H,10-11H2,1-4H3;6-10,12-13,15H,5,11H2,1-4H3;3-7,10,12-13H,8-9H2,1-2H3;4-8,11,14H,9-10H2,1-3H3;3-7,10,12-13H,8-9H2,1-2H3;7,10H,5-6H2,1-4H3;5-6H,3-4H2,1-2H3/t17-,20-,21+;14?,15-;13-,16+;13-,15+;12?,13-;14-;12-;10-;6-/m011101111/s1. The number of likely N-dealkylation sites (N-methyl/N-ethyl adjacent to an activating group) is 1. The van der Waals surface area contributed by atoms with Crippen molar-refractivity contribution in [3.05, 3.63) is 287 Å². The first-order chi connectivity index (χ1) is 69.7.